The first-order valence-electron chi connectivity index (χ1n) is 23.9. The minimum absolute atomic E-state index is 0. The Labute approximate surface area is 420 Å². The van der Waals surface area contributed by atoms with Crippen molar-refractivity contribution in [3.8, 4) is 39.5 Å². The minimum atomic E-state index is -1.50. The Morgan fingerprint density at radius 2 is 1.33 bits per heavy atom. The van der Waals surface area contributed by atoms with Gasteiger partial charge in [0.05, 0.1) is 36.2 Å². The number of imidazole rings is 1. The number of fused-ring (bicyclic) bond motifs is 7. The number of furan rings is 1. The van der Waals surface area contributed by atoms with E-state index in [2.05, 4.69) is 205 Å². The quantitative estimate of drug-likeness (QED) is 0.112. The Balaban J connectivity index is 0.000000229. The second kappa shape index (κ2) is 19.1. The van der Waals surface area contributed by atoms with E-state index < -0.39 is 14.0 Å². The fourth-order valence-electron chi connectivity index (χ4n) is 9.61. The SMILES string of the molecule is [2H]C(C)(C)c1cc(-c2[c-]cccc2)ncc1[Si](C)(C)C.[Ir].[c-]1ccc2c(oc3cc(Cc4ccccc4)ccc32)c1-c1nc2c3ccccc3ccc2n1-c1c(-c2ccccc2)ccc2ccccc12. The summed E-state index contributed by atoms with van der Waals surface area (Å²) in [6.07, 6.45) is 2.83. The van der Waals surface area contributed by atoms with E-state index in [1.807, 2.05) is 50.4 Å². The molecule has 12 rings (SSSR count). The predicted molar refractivity (Wildman–Crippen MR) is 288 cm³/mol. The van der Waals surface area contributed by atoms with E-state index in [9.17, 15) is 0 Å². The van der Waals surface area contributed by atoms with Crippen LogP contribution in [-0.4, -0.2) is 22.6 Å². The molecule has 0 saturated carbocycles. The van der Waals surface area contributed by atoms with Gasteiger partial charge in [0.2, 0.25) is 0 Å². The zero-order valence-electron chi connectivity index (χ0n) is 40.3. The molecular weight excluding hydrogens is 1040 g/mol. The van der Waals surface area contributed by atoms with Crippen LogP contribution in [0.15, 0.2) is 205 Å². The van der Waals surface area contributed by atoms with Gasteiger partial charge in [-0.15, -0.1) is 54.1 Å². The van der Waals surface area contributed by atoms with Gasteiger partial charge >= 0.3 is 0 Å². The number of aromatic nitrogens is 3. The van der Waals surface area contributed by atoms with Gasteiger partial charge in [0, 0.05) is 49.4 Å². The summed E-state index contributed by atoms with van der Waals surface area (Å²) in [5, 5.41) is 8.01. The Morgan fingerprint density at radius 3 is 2.07 bits per heavy atom. The molecule has 0 bridgehead atoms. The molecule has 12 aromatic rings. The van der Waals surface area contributed by atoms with Crippen LogP contribution in [-0.2, 0) is 26.5 Å². The molecule has 3 heterocycles. The predicted octanol–water partition coefficient (Wildman–Crippen LogP) is 16.2. The number of pyridine rings is 1. The Kier molecular flexibility index (Phi) is 12.2. The molecule has 69 heavy (non-hydrogen) atoms. The first kappa shape index (κ1) is 44.3. The molecule has 0 aliphatic carbocycles. The Bertz CT molecular complexity index is 3840. The van der Waals surface area contributed by atoms with Gasteiger partial charge in [-0.05, 0) is 62.8 Å². The topological polar surface area (TPSA) is 43.9 Å². The van der Waals surface area contributed by atoms with Crippen LogP contribution in [0.3, 0.4) is 0 Å². The van der Waals surface area contributed by atoms with Crippen LogP contribution in [0.5, 0.6) is 0 Å². The van der Waals surface area contributed by atoms with Crippen molar-refractivity contribution < 1.29 is 25.9 Å². The van der Waals surface area contributed by atoms with E-state index in [0.717, 1.165) is 101 Å². The molecule has 0 aliphatic rings. The van der Waals surface area contributed by atoms with E-state index in [1.165, 1.54) is 21.7 Å². The standard InChI is InChI=1S/C46H29N2O.C17H22NSi.Ir/c1-3-12-30(13-4-1)28-31-22-25-38-39-20-11-21-40(45(39)49-42(38)29-31)46-47-43-35-18-9-7-16-33(35)24-27-41(43)48(46)44-36-19-10-8-17-34(36)23-26-37(44)32-14-5-2-6-15-32;1-13(2)15-11-16(14-9-7-6-8-10-14)18-12-17(15)19(3,4)5;/h1-20,22-27,29H,28H2;6-9,11-13H,1-5H3;/q2*-1;/i;13D;. The molecule has 6 heteroatoms. The molecule has 4 nitrogen and oxygen atoms in total. The molecule has 0 unspecified atom stereocenters. The van der Waals surface area contributed by atoms with Gasteiger partial charge in [-0.3, -0.25) is 4.98 Å². The Morgan fingerprint density at radius 1 is 0.638 bits per heavy atom. The summed E-state index contributed by atoms with van der Waals surface area (Å²) >= 11 is 0. The summed E-state index contributed by atoms with van der Waals surface area (Å²) in [4.78, 5) is 10.1. The van der Waals surface area contributed by atoms with Gasteiger partial charge in [-0.1, -0.05) is 196 Å². The van der Waals surface area contributed by atoms with Gasteiger partial charge in [0.15, 0.2) is 0 Å². The van der Waals surface area contributed by atoms with Crippen molar-refractivity contribution in [3.05, 3.63) is 229 Å². The van der Waals surface area contributed by atoms with Crippen molar-refractivity contribution in [2.24, 2.45) is 0 Å². The molecule has 0 amide bonds. The number of hydrogen-bond acceptors (Lipinski definition) is 3. The molecule has 3 aromatic heterocycles. The molecule has 0 atom stereocenters. The first-order chi connectivity index (χ1) is 33.5. The minimum Gasteiger partial charge on any atom is -0.501 e. The maximum absolute atomic E-state index is 8.44. The third kappa shape index (κ3) is 8.77. The van der Waals surface area contributed by atoms with Crippen molar-refractivity contribution in [2.75, 3.05) is 0 Å². The van der Waals surface area contributed by atoms with Crippen LogP contribution in [0.25, 0.3) is 94.0 Å². The summed E-state index contributed by atoms with van der Waals surface area (Å²) < 4.78 is 17.6. The molecule has 1 radical (unpaired) electrons. The summed E-state index contributed by atoms with van der Waals surface area (Å²) in [6.45, 7) is 10.8. The zero-order valence-corrected chi connectivity index (χ0v) is 42.7. The van der Waals surface area contributed by atoms with Crippen molar-refractivity contribution in [2.45, 2.75) is 45.8 Å². The summed E-state index contributed by atoms with van der Waals surface area (Å²) in [6, 6.07) is 74.6. The molecule has 9 aromatic carbocycles. The van der Waals surface area contributed by atoms with Gasteiger partial charge in [-0.2, -0.15) is 0 Å². The van der Waals surface area contributed by atoms with Crippen molar-refractivity contribution in [1.29, 1.82) is 0 Å². The molecule has 0 N–H and O–H groups in total. The monoisotopic (exact) mass is 1090 g/mol. The van der Waals surface area contributed by atoms with E-state index in [-0.39, 0.29) is 20.1 Å². The van der Waals surface area contributed by atoms with Crippen LogP contribution in [0.2, 0.25) is 19.6 Å². The van der Waals surface area contributed by atoms with E-state index in [1.54, 1.807) is 0 Å². The van der Waals surface area contributed by atoms with Crippen molar-refractivity contribution in [1.82, 2.24) is 14.5 Å². The van der Waals surface area contributed by atoms with Gasteiger partial charge < -0.3 is 14.0 Å². The van der Waals surface area contributed by atoms with Gasteiger partial charge in [0.1, 0.15) is 5.58 Å². The molecular formula is C63H51IrN3OSi-2. The summed E-state index contributed by atoms with van der Waals surface area (Å²) in [5.74, 6) is 0.191. The third-order valence-corrected chi connectivity index (χ3v) is 15.0. The van der Waals surface area contributed by atoms with Gasteiger partial charge in [0.25, 0.3) is 0 Å². The zero-order chi connectivity index (χ0) is 47.3. The summed E-state index contributed by atoms with van der Waals surface area (Å²) in [5.41, 5.74) is 13.3. The maximum Gasteiger partial charge on any atom is 0.121 e. The van der Waals surface area contributed by atoms with Crippen LogP contribution in [0, 0.1) is 12.1 Å². The van der Waals surface area contributed by atoms with Gasteiger partial charge in [-0.25, -0.2) is 0 Å². The van der Waals surface area contributed by atoms with E-state index in [4.69, 9.17) is 10.8 Å². The largest absolute Gasteiger partial charge is 0.501 e. The fraction of sp³-hybridized carbons (Fsp3) is 0.111. The average Bonchev–Trinajstić information content (AvgIpc) is 3.95. The molecule has 0 fully saturated rings. The normalized spacial score (nSPS) is 12.0. The molecule has 0 spiro atoms. The number of nitrogens with zero attached hydrogens (tertiary/aromatic N) is 3. The van der Waals surface area contributed by atoms with E-state index in [0.29, 0.717) is 0 Å². The Hall–Kier alpha value is -7.21. The molecule has 0 aliphatic heterocycles. The van der Waals surface area contributed by atoms with Crippen molar-refractivity contribution >= 4 is 67.8 Å². The fourth-order valence-corrected chi connectivity index (χ4v) is 11.2. The third-order valence-electron chi connectivity index (χ3n) is 13.0. The molecule has 0 saturated heterocycles. The smallest absolute Gasteiger partial charge is 0.121 e. The molecule has 339 valence electrons. The van der Waals surface area contributed by atoms with Crippen molar-refractivity contribution in [3.63, 3.8) is 0 Å². The number of benzene rings is 9. The maximum atomic E-state index is 8.44. The van der Waals surface area contributed by atoms with Crippen LogP contribution in [0.1, 0.15) is 37.8 Å². The number of rotatable bonds is 8. The van der Waals surface area contributed by atoms with Crippen LogP contribution in [0.4, 0.5) is 0 Å². The van der Waals surface area contributed by atoms with Crippen LogP contribution >= 0.6 is 0 Å². The second-order valence-corrected chi connectivity index (χ2v) is 23.8. The summed E-state index contributed by atoms with van der Waals surface area (Å²) in [7, 11) is -1.50. The first-order valence-corrected chi connectivity index (χ1v) is 26.9. The second-order valence-electron chi connectivity index (χ2n) is 18.8. The van der Waals surface area contributed by atoms with E-state index >= 15 is 0 Å². The number of hydrogen-bond donors (Lipinski definition) is 0. The average molecular weight is 1090 g/mol. The van der Waals surface area contributed by atoms with Crippen LogP contribution < -0.4 is 5.19 Å².